The van der Waals surface area contributed by atoms with E-state index in [-0.39, 0.29) is 28.2 Å². The number of aldehydes is 1. The molecule has 0 bridgehead atoms. The number of rotatable bonds is 2. The topological polar surface area (TPSA) is 51.2 Å². The summed E-state index contributed by atoms with van der Waals surface area (Å²) in [6.07, 6.45) is 15.1. The van der Waals surface area contributed by atoms with Crippen LogP contribution in [0.4, 0.5) is 0 Å². The number of hydrogen-bond acceptors (Lipinski definition) is 3. The zero-order valence-corrected chi connectivity index (χ0v) is 13.6. The summed E-state index contributed by atoms with van der Waals surface area (Å²) < 4.78 is 23.0. The molecule has 2 aliphatic rings. The molecule has 5 heteroatoms. The van der Waals surface area contributed by atoms with E-state index in [2.05, 4.69) is 0 Å². The van der Waals surface area contributed by atoms with Gasteiger partial charge in [0.1, 0.15) is 11.5 Å². The third kappa shape index (κ3) is 5.16. The Morgan fingerprint density at radius 2 is 1.35 bits per heavy atom. The van der Waals surface area contributed by atoms with Crippen LogP contribution in [-0.2, 0) is 31.7 Å². The molecule has 0 aromatic rings. The van der Waals surface area contributed by atoms with Gasteiger partial charge in [-0.05, 0) is 72.1 Å². The zero-order chi connectivity index (χ0) is 14.5. The van der Waals surface area contributed by atoms with Gasteiger partial charge in [-0.25, -0.2) is 8.42 Å². The molecule has 0 unspecified atom stereocenters. The molecule has 0 N–H and O–H groups in total. The molecule has 108 valence electrons. The number of carbonyl (C=O) groups excluding carboxylic acids is 1. The molecule has 0 aromatic heterocycles. The van der Waals surface area contributed by atoms with E-state index >= 15 is 0 Å². The van der Waals surface area contributed by atoms with Gasteiger partial charge in [0, 0.05) is 0 Å². The Kier molecular flexibility index (Phi) is 8.61. The van der Waals surface area contributed by atoms with Crippen LogP contribution in [0, 0.1) is 62.5 Å². The second-order valence-electron chi connectivity index (χ2n) is 5.04. The average Bonchev–Trinajstić information content (AvgIpc) is 3.02. The van der Waals surface area contributed by atoms with Crippen molar-refractivity contribution in [1.82, 2.24) is 0 Å². The maximum Gasteiger partial charge on any atom is 2.00 e. The summed E-state index contributed by atoms with van der Waals surface area (Å²) in [5, 5.41) is 0.125. The third-order valence-electron chi connectivity index (χ3n) is 2.59. The fraction of sp³-hybridized carbons (Fsp3) is 0.267. The first-order chi connectivity index (χ1) is 8.80. The number of carbonyl (C=O) groups is 1. The molecule has 0 spiro atoms. The van der Waals surface area contributed by atoms with E-state index in [1.807, 2.05) is 32.1 Å². The molecule has 0 atom stereocenters. The molecule has 3 nitrogen and oxygen atoms in total. The summed E-state index contributed by atoms with van der Waals surface area (Å²) in [6.45, 7) is 4.84. The Morgan fingerprint density at radius 3 is 1.70 bits per heavy atom. The van der Waals surface area contributed by atoms with Gasteiger partial charge in [-0.1, -0.05) is 0 Å². The minimum Gasteiger partial charge on any atom is -0.303 e. The molecule has 2 rings (SSSR count). The zero-order valence-electron chi connectivity index (χ0n) is 11.7. The summed E-state index contributed by atoms with van der Waals surface area (Å²) >= 11 is 0. The SMILES string of the molecule is CC(C)(C)S(=O)(=O)[C]1[CH][CH][CH][C]1C=O.[CH]1[CH][CH][CH][CH]1.[Fe+2]. The molecule has 20 heavy (non-hydrogen) atoms. The van der Waals surface area contributed by atoms with Gasteiger partial charge in [0.25, 0.3) is 0 Å². The van der Waals surface area contributed by atoms with Gasteiger partial charge < -0.3 is 4.79 Å². The van der Waals surface area contributed by atoms with Crippen molar-refractivity contribution >= 4 is 16.1 Å². The van der Waals surface area contributed by atoms with Crippen molar-refractivity contribution in [2.75, 3.05) is 0 Å². The van der Waals surface area contributed by atoms with Crippen LogP contribution in [-0.4, -0.2) is 19.5 Å². The monoisotopic (exact) mass is 334 g/mol. The van der Waals surface area contributed by atoms with Gasteiger partial charge in [0.2, 0.25) is 0 Å². The summed E-state index contributed by atoms with van der Waals surface area (Å²) in [5.41, 5.74) is 0. The molecule has 2 aliphatic carbocycles. The molecule has 2 saturated carbocycles. The van der Waals surface area contributed by atoms with Gasteiger partial charge in [-0.15, -0.1) is 0 Å². The maximum atomic E-state index is 11.9. The number of sulfone groups is 1. The van der Waals surface area contributed by atoms with Crippen molar-refractivity contribution < 1.29 is 30.3 Å². The van der Waals surface area contributed by atoms with E-state index in [4.69, 9.17) is 0 Å². The van der Waals surface area contributed by atoms with Crippen molar-refractivity contribution in [2.24, 2.45) is 0 Å². The maximum absolute atomic E-state index is 11.9. The van der Waals surface area contributed by atoms with E-state index in [1.54, 1.807) is 27.2 Å². The Labute approximate surface area is 134 Å². The molecule has 0 saturated heterocycles. The van der Waals surface area contributed by atoms with Gasteiger partial charge in [0.15, 0.2) is 9.84 Å². The van der Waals surface area contributed by atoms with Crippen LogP contribution in [0.3, 0.4) is 0 Å². The second kappa shape index (κ2) is 8.55. The van der Waals surface area contributed by atoms with Crippen LogP contribution in [0.1, 0.15) is 20.8 Å². The van der Waals surface area contributed by atoms with E-state index in [0.29, 0.717) is 6.29 Å². The van der Waals surface area contributed by atoms with Crippen LogP contribution in [0.25, 0.3) is 0 Å². The molecular weight excluding hydrogens is 316 g/mol. The van der Waals surface area contributed by atoms with Crippen molar-refractivity contribution in [1.29, 1.82) is 0 Å². The van der Waals surface area contributed by atoms with Crippen molar-refractivity contribution in [3.05, 3.63) is 62.5 Å². The van der Waals surface area contributed by atoms with E-state index in [9.17, 15) is 13.2 Å². The van der Waals surface area contributed by atoms with Gasteiger partial charge in [-0.2, -0.15) is 0 Å². The summed E-state index contributed by atoms with van der Waals surface area (Å²) in [7, 11) is -3.41. The van der Waals surface area contributed by atoms with Crippen molar-refractivity contribution in [3.63, 3.8) is 0 Å². The average molecular weight is 334 g/mol. The Morgan fingerprint density at radius 1 is 0.900 bits per heavy atom. The molecule has 0 amide bonds. The first kappa shape index (κ1) is 20.1. The first-order valence-electron chi connectivity index (χ1n) is 5.93. The van der Waals surface area contributed by atoms with Crippen molar-refractivity contribution in [2.45, 2.75) is 25.5 Å². The Balaban J connectivity index is 0.000000507. The number of hydrogen-bond donors (Lipinski definition) is 0. The second-order valence-corrected chi connectivity index (χ2v) is 7.71. The standard InChI is InChI=1S/C10H13O3S.C5H5.Fe/c1-10(2,3)14(12,13)9-6-4-5-8(9)7-11;1-2-4-5-3-1;/h4-7H,1-3H3;1-5H;/q;;+2. The molecular formula is C15H18FeO3S+2. The molecule has 2 fully saturated rings. The van der Waals surface area contributed by atoms with Crippen LogP contribution in [0.5, 0.6) is 0 Å². The fourth-order valence-electron chi connectivity index (χ4n) is 1.41. The van der Waals surface area contributed by atoms with E-state index in [1.165, 1.54) is 12.8 Å². The van der Waals surface area contributed by atoms with E-state index in [0.717, 1.165) is 0 Å². The Bertz CT molecular complexity index is 373. The van der Waals surface area contributed by atoms with Gasteiger partial charge in [0.05, 0.1) is 10.7 Å². The molecule has 0 aliphatic heterocycles. The van der Waals surface area contributed by atoms with Gasteiger partial charge >= 0.3 is 17.1 Å². The molecule has 0 aromatic carbocycles. The van der Waals surface area contributed by atoms with Crippen LogP contribution in [0.2, 0.25) is 0 Å². The molecule has 10 radical (unpaired) electrons. The largest absolute Gasteiger partial charge is 2.00 e. The van der Waals surface area contributed by atoms with Crippen LogP contribution in [0.15, 0.2) is 0 Å². The molecule has 0 heterocycles. The summed E-state index contributed by atoms with van der Waals surface area (Å²) in [4.78, 5) is 10.6. The predicted molar refractivity (Wildman–Crippen MR) is 75.6 cm³/mol. The minimum absolute atomic E-state index is 0. The summed E-state index contributed by atoms with van der Waals surface area (Å²) in [5.74, 6) is 0.236. The predicted octanol–water partition coefficient (Wildman–Crippen LogP) is 2.15. The minimum atomic E-state index is -3.41. The van der Waals surface area contributed by atoms with Crippen LogP contribution < -0.4 is 0 Å². The third-order valence-corrected chi connectivity index (χ3v) is 5.15. The van der Waals surface area contributed by atoms with Gasteiger partial charge in [-0.3, -0.25) is 0 Å². The van der Waals surface area contributed by atoms with Crippen LogP contribution >= 0.6 is 0 Å². The quantitative estimate of drug-likeness (QED) is 0.574. The Hall–Kier alpha value is 0.139. The summed E-state index contributed by atoms with van der Waals surface area (Å²) in [6, 6.07) is 0. The first-order valence-corrected chi connectivity index (χ1v) is 7.41. The van der Waals surface area contributed by atoms with E-state index < -0.39 is 14.6 Å². The smallest absolute Gasteiger partial charge is 0.303 e. The normalized spacial score (nSPS) is 20.9. The van der Waals surface area contributed by atoms with Crippen molar-refractivity contribution in [3.8, 4) is 0 Å². The fourth-order valence-corrected chi connectivity index (χ4v) is 2.75.